The van der Waals surface area contributed by atoms with Gasteiger partial charge in [-0.1, -0.05) is 0 Å². The van der Waals surface area contributed by atoms with E-state index in [0.717, 1.165) is 12.1 Å². The van der Waals surface area contributed by atoms with Crippen LogP contribution in [0.15, 0.2) is 23.1 Å². The van der Waals surface area contributed by atoms with Crippen molar-refractivity contribution in [1.82, 2.24) is 0 Å². The Balaban J connectivity index is 3.68. The number of rotatable bonds is 4. The number of nitro groups is 1. The summed E-state index contributed by atoms with van der Waals surface area (Å²) in [5.41, 5.74) is -0.481. The van der Waals surface area contributed by atoms with Crippen LogP contribution in [0.4, 0.5) is 5.69 Å². The first-order chi connectivity index (χ1) is 8.48. The Hall–Kier alpha value is -1.20. The number of hydrogen-bond donors (Lipinski definition) is 0. The van der Waals surface area contributed by atoms with Crippen LogP contribution in [-0.4, -0.2) is 31.9 Å². The van der Waals surface area contributed by atoms with Gasteiger partial charge in [0.15, 0.2) is 9.84 Å². The van der Waals surface area contributed by atoms with Gasteiger partial charge in [-0.2, -0.15) is 0 Å². The molecule has 0 aliphatic carbocycles. The predicted octanol–water partition coefficient (Wildman–Crippen LogP) is 2.02. The molecule has 106 valence electrons. The van der Waals surface area contributed by atoms with Crippen LogP contribution < -0.4 is 5.30 Å². The van der Waals surface area contributed by atoms with Gasteiger partial charge in [-0.15, -0.1) is 0 Å². The normalized spacial score (nSPS) is 12.7. The van der Waals surface area contributed by atoms with Gasteiger partial charge in [0.25, 0.3) is 5.69 Å². The molecule has 0 fully saturated rings. The summed E-state index contributed by atoms with van der Waals surface area (Å²) < 4.78 is 36.3. The van der Waals surface area contributed by atoms with Crippen LogP contribution in [0.25, 0.3) is 0 Å². The SMILES string of the molecule is CC(C)S(=O)(=O)c1cc(P(C)(C)=O)ccc1[N+](=O)[O-]. The van der Waals surface area contributed by atoms with Crippen LogP contribution in [0.2, 0.25) is 0 Å². The van der Waals surface area contributed by atoms with E-state index < -0.39 is 32.8 Å². The maximum absolute atomic E-state index is 12.1. The summed E-state index contributed by atoms with van der Waals surface area (Å²) >= 11 is 0. The highest BCUT2D eigenvalue weighted by Gasteiger charge is 2.30. The standard InChI is InChI=1S/C11H16NO5PS/c1-8(2)19(16,17)11-7-9(18(3,4)15)5-6-10(11)12(13)14/h5-8H,1-4H3. The number of hydrogen-bond acceptors (Lipinski definition) is 5. The monoisotopic (exact) mass is 305 g/mol. The molecule has 0 bridgehead atoms. The molecule has 1 aromatic rings. The molecule has 1 rings (SSSR count). The van der Waals surface area contributed by atoms with Crippen molar-refractivity contribution in [1.29, 1.82) is 0 Å². The van der Waals surface area contributed by atoms with Gasteiger partial charge in [0.1, 0.15) is 12.0 Å². The van der Waals surface area contributed by atoms with Gasteiger partial charge in [0, 0.05) is 11.4 Å². The fraction of sp³-hybridized carbons (Fsp3) is 0.455. The average molecular weight is 305 g/mol. The highest BCUT2D eigenvalue weighted by molar-refractivity contribution is 7.92. The van der Waals surface area contributed by atoms with Crippen LogP contribution in [0, 0.1) is 10.1 Å². The van der Waals surface area contributed by atoms with Gasteiger partial charge in [-0.25, -0.2) is 8.42 Å². The van der Waals surface area contributed by atoms with E-state index >= 15 is 0 Å². The predicted molar refractivity (Wildman–Crippen MR) is 74.5 cm³/mol. The van der Waals surface area contributed by atoms with Crippen LogP contribution in [0.5, 0.6) is 0 Å². The second-order valence-corrected chi connectivity index (χ2v) is 10.5. The van der Waals surface area contributed by atoms with Gasteiger partial charge in [0.2, 0.25) is 0 Å². The van der Waals surface area contributed by atoms with E-state index in [-0.39, 0.29) is 4.90 Å². The van der Waals surface area contributed by atoms with Crippen molar-refractivity contribution in [3.63, 3.8) is 0 Å². The highest BCUT2D eigenvalue weighted by atomic mass is 32.2. The summed E-state index contributed by atoms with van der Waals surface area (Å²) in [5.74, 6) is 0. The Kier molecular flexibility index (Phi) is 4.22. The zero-order valence-electron chi connectivity index (χ0n) is 11.2. The lowest BCUT2D eigenvalue weighted by molar-refractivity contribution is -0.387. The summed E-state index contributed by atoms with van der Waals surface area (Å²) in [4.78, 5) is 9.82. The van der Waals surface area contributed by atoms with E-state index in [0.29, 0.717) is 5.30 Å². The molecule has 1 aromatic carbocycles. The molecule has 0 heterocycles. The molecule has 0 aliphatic heterocycles. The molecule has 0 unspecified atom stereocenters. The van der Waals surface area contributed by atoms with Crippen LogP contribution in [0.1, 0.15) is 13.8 Å². The maximum atomic E-state index is 12.1. The van der Waals surface area contributed by atoms with E-state index in [9.17, 15) is 23.1 Å². The molecule has 0 aliphatic rings. The second-order valence-electron chi connectivity index (χ2n) is 4.85. The van der Waals surface area contributed by atoms with E-state index in [1.807, 2.05) is 0 Å². The van der Waals surface area contributed by atoms with Crippen LogP contribution in [-0.2, 0) is 14.4 Å². The van der Waals surface area contributed by atoms with Crippen molar-refractivity contribution < 1.29 is 17.9 Å². The minimum absolute atomic E-state index is 0.317. The molecule has 0 amide bonds. The highest BCUT2D eigenvalue weighted by Crippen LogP contribution is 2.37. The maximum Gasteiger partial charge on any atom is 0.288 e. The third-order valence-electron chi connectivity index (χ3n) is 2.69. The Morgan fingerprint density at radius 2 is 1.79 bits per heavy atom. The molecule has 8 heteroatoms. The van der Waals surface area contributed by atoms with E-state index in [1.165, 1.54) is 33.2 Å². The van der Waals surface area contributed by atoms with Crippen molar-refractivity contribution in [2.24, 2.45) is 0 Å². The third-order valence-corrected chi connectivity index (χ3v) is 6.39. The van der Waals surface area contributed by atoms with Crippen LogP contribution in [0.3, 0.4) is 0 Å². The van der Waals surface area contributed by atoms with Gasteiger partial charge < -0.3 is 4.57 Å². The second kappa shape index (κ2) is 5.06. The average Bonchev–Trinajstić information content (AvgIpc) is 2.26. The van der Waals surface area contributed by atoms with Gasteiger partial charge >= 0.3 is 0 Å². The van der Waals surface area contributed by atoms with E-state index in [1.54, 1.807) is 0 Å². The first kappa shape index (κ1) is 15.9. The van der Waals surface area contributed by atoms with Gasteiger partial charge in [-0.05, 0) is 39.3 Å². The first-order valence-electron chi connectivity index (χ1n) is 5.56. The molecule has 0 spiro atoms. The molecule has 0 atom stereocenters. The smallest absolute Gasteiger partial charge is 0.288 e. The molecule has 0 radical (unpaired) electrons. The molecular weight excluding hydrogens is 289 g/mol. The van der Waals surface area contributed by atoms with Crippen LogP contribution >= 0.6 is 7.14 Å². The number of sulfone groups is 1. The van der Waals surface area contributed by atoms with Gasteiger partial charge in [-0.3, -0.25) is 10.1 Å². The molecule has 0 saturated heterocycles. The quantitative estimate of drug-likeness (QED) is 0.482. The molecule has 0 aromatic heterocycles. The van der Waals surface area contributed by atoms with Crippen molar-refractivity contribution in [2.45, 2.75) is 24.0 Å². The third kappa shape index (κ3) is 3.22. The first-order valence-corrected chi connectivity index (χ1v) is 9.70. The topological polar surface area (TPSA) is 94.3 Å². The number of benzene rings is 1. The molecule has 0 N–H and O–H groups in total. The molecule has 19 heavy (non-hydrogen) atoms. The summed E-state index contributed by atoms with van der Waals surface area (Å²) in [6.07, 6.45) is 0. The van der Waals surface area contributed by atoms with E-state index in [4.69, 9.17) is 0 Å². The van der Waals surface area contributed by atoms with Crippen molar-refractivity contribution in [3.8, 4) is 0 Å². The minimum atomic E-state index is -3.80. The lowest BCUT2D eigenvalue weighted by Crippen LogP contribution is -2.18. The summed E-state index contributed by atoms with van der Waals surface area (Å²) in [7, 11) is -6.48. The molecular formula is C11H16NO5PS. The molecule has 0 saturated carbocycles. The Bertz CT molecular complexity index is 660. The lowest BCUT2D eigenvalue weighted by Gasteiger charge is -2.12. The fourth-order valence-corrected chi connectivity index (χ4v) is 3.66. The fourth-order valence-electron chi connectivity index (χ4n) is 1.47. The lowest BCUT2D eigenvalue weighted by atomic mass is 10.3. The largest absolute Gasteiger partial charge is 0.319 e. The van der Waals surface area contributed by atoms with Crippen molar-refractivity contribution in [2.75, 3.05) is 13.3 Å². The zero-order chi connectivity index (χ0) is 15.0. The minimum Gasteiger partial charge on any atom is -0.319 e. The summed E-state index contributed by atoms with van der Waals surface area (Å²) in [6, 6.07) is 3.61. The number of nitro benzene ring substituents is 1. The summed E-state index contributed by atoms with van der Waals surface area (Å²) in [5, 5.41) is 10.5. The van der Waals surface area contributed by atoms with Crippen molar-refractivity contribution >= 4 is 28.0 Å². The van der Waals surface area contributed by atoms with Crippen molar-refractivity contribution in [3.05, 3.63) is 28.3 Å². The molecule has 6 nitrogen and oxygen atoms in total. The van der Waals surface area contributed by atoms with E-state index in [2.05, 4.69) is 0 Å². The van der Waals surface area contributed by atoms with Gasteiger partial charge in [0.05, 0.1) is 10.2 Å². The summed E-state index contributed by atoms with van der Waals surface area (Å²) in [6.45, 7) is 5.87. The Labute approximate surface area is 112 Å². The Morgan fingerprint density at radius 3 is 2.16 bits per heavy atom. The number of nitrogens with zero attached hydrogens (tertiary/aromatic N) is 1. The zero-order valence-corrected chi connectivity index (χ0v) is 12.9. The Morgan fingerprint density at radius 1 is 1.26 bits per heavy atom.